The smallest absolute Gasteiger partial charge is 0.0754 e. The van der Waals surface area contributed by atoms with Crippen molar-refractivity contribution in [2.24, 2.45) is 0 Å². The van der Waals surface area contributed by atoms with Crippen LogP contribution in [0.2, 0.25) is 0 Å². The Morgan fingerprint density at radius 3 is 2.82 bits per heavy atom. The monoisotopic (exact) mass is 234 g/mol. The second-order valence-corrected chi connectivity index (χ2v) is 4.78. The van der Waals surface area contributed by atoms with Crippen LogP contribution in [0.15, 0.2) is 24.3 Å². The molecule has 2 unspecified atom stereocenters. The van der Waals surface area contributed by atoms with E-state index in [2.05, 4.69) is 24.8 Å². The van der Waals surface area contributed by atoms with Crippen LogP contribution < -0.4 is 10.6 Å². The fourth-order valence-electron chi connectivity index (χ4n) is 2.40. The Kier molecular flexibility index (Phi) is 3.89. The van der Waals surface area contributed by atoms with E-state index >= 15 is 0 Å². The molecular weight excluding hydrogens is 212 g/mol. The Hall–Kier alpha value is -1.22. The van der Waals surface area contributed by atoms with Gasteiger partial charge in [-0.3, -0.25) is 0 Å². The summed E-state index contributed by atoms with van der Waals surface area (Å²) in [5.74, 6) is 0. The summed E-state index contributed by atoms with van der Waals surface area (Å²) in [6.07, 6.45) is 3.13. The zero-order valence-corrected chi connectivity index (χ0v) is 10.7. The van der Waals surface area contributed by atoms with E-state index in [0.717, 1.165) is 18.8 Å². The molecule has 17 heavy (non-hydrogen) atoms. The van der Waals surface area contributed by atoms with Crippen molar-refractivity contribution < 1.29 is 4.74 Å². The van der Waals surface area contributed by atoms with Gasteiger partial charge in [-0.25, -0.2) is 0 Å². The molecule has 1 aliphatic rings. The fraction of sp³-hybridized carbons (Fsp3) is 0.571. The van der Waals surface area contributed by atoms with Gasteiger partial charge in [0.2, 0.25) is 0 Å². The van der Waals surface area contributed by atoms with Gasteiger partial charge >= 0.3 is 0 Å². The van der Waals surface area contributed by atoms with E-state index in [-0.39, 0.29) is 0 Å². The van der Waals surface area contributed by atoms with Gasteiger partial charge < -0.3 is 15.4 Å². The van der Waals surface area contributed by atoms with Crippen molar-refractivity contribution in [2.75, 3.05) is 23.7 Å². The molecule has 1 fully saturated rings. The van der Waals surface area contributed by atoms with Crippen molar-refractivity contribution >= 4 is 11.4 Å². The van der Waals surface area contributed by atoms with Crippen molar-refractivity contribution in [1.29, 1.82) is 0 Å². The first-order valence-corrected chi connectivity index (χ1v) is 6.45. The van der Waals surface area contributed by atoms with E-state index in [9.17, 15) is 0 Å². The molecule has 0 bridgehead atoms. The number of nitrogens with two attached hydrogens (primary N) is 1. The van der Waals surface area contributed by atoms with E-state index in [1.54, 1.807) is 0 Å². The molecule has 1 aromatic rings. The number of anilines is 2. The Balaban J connectivity index is 2.01. The van der Waals surface area contributed by atoms with Gasteiger partial charge in [-0.1, -0.05) is 6.07 Å². The van der Waals surface area contributed by atoms with Crippen LogP contribution in [0.25, 0.3) is 0 Å². The third-order valence-corrected chi connectivity index (χ3v) is 3.36. The molecule has 0 spiro atoms. The highest BCUT2D eigenvalue weighted by Gasteiger charge is 2.23. The van der Waals surface area contributed by atoms with Gasteiger partial charge in [-0.2, -0.15) is 0 Å². The van der Waals surface area contributed by atoms with Gasteiger partial charge in [-0.15, -0.1) is 0 Å². The van der Waals surface area contributed by atoms with Gasteiger partial charge in [0.05, 0.1) is 12.2 Å². The van der Waals surface area contributed by atoms with Crippen molar-refractivity contribution in [2.45, 2.75) is 38.9 Å². The number of benzene rings is 1. The Bertz CT molecular complexity index is 367. The Morgan fingerprint density at radius 1 is 1.41 bits per heavy atom. The summed E-state index contributed by atoms with van der Waals surface area (Å²) in [6, 6.07) is 8.07. The predicted molar refractivity (Wildman–Crippen MR) is 72.3 cm³/mol. The molecule has 0 aliphatic carbocycles. The first kappa shape index (κ1) is 12.2. The van der Waals surface area contributed by atoms with E-state index in [1.165, 1.54) is 18.5 Å². The van der Waals surface area contributed by atoms with Gasteiger partial charge in [0.25, 0.3) is 0 Å². The number of likely N-dealkylation sites (N-methyl/N-ethyl adjacent to an activating group) is 1. The van der Waals surface area contributed by atoms with Crippen LogP contribution in [0.1, 0.15) is 26.7 Å². The normalized spacial score (nSPS) is 23.9. The zero-order valence-electron chi connectivity index (χ0n) is 10.7. The quantitative estimate of drug-likeness (QED) is 0.814. The van der Waals surface area contributed by atoms with Crippen LogP contribution in [0.5, 0.6) is 0 Å². The molecule has 2 atom stereocenters. The molecule has 1 saturated heterocycles. The zero-order chi connectivity index (χ0) is 12.3. The molecule has 2 rings (SSSR count). The maximum absolute atomic E-state index is 5.87. The molecule has 1 aliphatic heterocycles. The maximum Gasteiger partial charge on any atom is 0.0754 e. The molecular formula is C14H22N2O. The predicted octanol–water partition coefficient (Wildman–Crippen LogP) is 2.66. The topological polar surface area (TPSA) is 38.5 Å². The standard InChI is InChI=1S/C14H22N2O/c1-3-16(10-14-8-7-11(2)17-14)13-6-4-5-12(15)9-13/h4-6,9,11,14H,3,7-8,10,15H2,1-2H3. The van der Waals surface area contributed by atoms with Gasteiger partial charge in [0.1, 0.15) is 0 Å². The molecule has 0 aromatic heterocycles. The summed E-state index contributed by atoms with van der Waals surface area (Å²) in [6.45, 7) is 6.26. The Morgan fingerprint density at radius 2 is 2.24 bits per heavy atom. The van der Waals surface area contributed by atoms with Crippen LogP contribution in [0.3, 0.4) is 0 Å². The third-order valence-electron chi connectivity index (χ3n) is 3.36. The van der Waals surface area contributed by atoms with E-state index < -0.39 is 0 Å². The number of hydrogen-bond donors (Lipinski definition) is 1. The van der Waals surface area contributed by atoms with Crippen molar-refractivity contribution in [3.63, 3.8) is 0 Å². The lowest BCUT2D eigenvalue weighted by Crippen LogP contribution is -2.32. The average molecular weight is 234 g/mol. The highest BCUT2D eigenvalue weighted by atomic mass is 16.5. The summed E-state index contributed by atoms with van der Waals surface area (Å²) < 4.78 is 5.87. The van der Waals surface area contributed by atoms with Crippen LogP contribution in [-0.4, -0.2) is 25.3 Å². The minimum atomic E-state index is 0.367. The summed E-state index contributed by atoms with van der Waals surface area (Å²) in [5, 5.41) is 0. The summed E-state index contributed by atoms with van der Waals surface area (Å²) >= 11 is 0. The molecule has 3 nitrogen and oxygen atoms in total. The summed E-state index contributed by atoms with van der Waals surface area (Å²) in [7, 11) is 0. The summed E-state index contributed by atoms with van der Waals surface area (Å²) in [4.78, 5) is 2.33. The van der Waals surface area contributed by atoms with E-state index in [4.69, 9.17) is 10.5 Å². The van der Waals surface area contributed by atoms with Gasteiger partial charge in [0, 0.05) is 24.5 Å². The first-order chi connectivity index (χ1) is 8.19. The molecule has 0 saturated carbocycles. The molecule has 1 aromatic carbocycles. The Labute approximate surface area is 104 Å². The van der Waals surface area contributed by atoms with E-state index in [0.29, 0.717) is 12.2 Å². The van der Waals surface area contributed by atoms with Crippen LogP contribution in [0, 0.1) is 0 Å². The maximum atomic E-state index is 5.87. The van der Waals surface area contributed by atoms with Crippen molar-refractivity contribution in [3.8, 4) is 0 Å². The highest BCUT2D eigenvalue weighted by molar-refractivity contribution is 5.55. The number of nitrogens with zero attached hydrogens (tertiary/aromatic N) is 1. The van der Waals surface area contributed by atoms with Gasteiger partial charge in [0.15, 0.2) is 0 Å². The number of rotatable bonds is 4. The van der Waals surface area contributed by atoms with Crippen LogP contribution in [-0.2, 0) is 4.74 Å². The first-order valence-electron chi connectivity index (χ1n) is 6.45. The molecule has 0 radical (unpaired) electrons. The highest BCUT2D eigenvalue weighted by Crippen LogP contribution is 2.23. The van der Waals surface area contributed by atoms with Crippen molar-refractivity contribution in [3.05, 3.63) is 24.3 Å². The fourth-order valence-corrected chi connectivity index (χ4v) is 2.40. The number of hydrogen-bond acceptors (Lipinski definition) is 3. The molecule has 1 heterocycles. The lowest BCUT2D eigenvalue weighted by Gasteiger charge is -2.26. The second kappa shape index (κ2) is 5.41. The van der Waals surface area contributed by atoms with Gasteiger partial charge in [-0.05, 0) is 44.9 Å². The molecule has 0 amide bonds. The van der Waals surface area contributed by atoms with Crippen LogP contribution >= 0.6 is 0 Å². The summed E-state index contributed by atoms with van der Waals surface area (Å²) in [5.41, 5.74) is 7.83. The lowest BCUT2D eigenvalue weighted by atomic mass is 10.2. The molecule has 3 heteroatoms. The number of ether oxygens (including phenoxy) is 1. The third kappa shape index (κ3) is 3.13. The van der Waals surface area contributed by atoms with E-state index in [1.807, 2.05) is 18.2 Å². The second-order valence-electron chi connectivity index (χ2n) is 4.78. The number of nitrogen functional groups attached to an aromatic ring is 1. The van der Waals surface area contributed by atoms with Crippen LogP contribution in [0.4, 0.5) is 11.4 Å². The average Bonchev–Trinajstić information content (AvgIpc) is 2.72. The molecule has 2 N–H and O–H groups in total. The molecule has 94 valence electrons. The van der Waals surface area contributed by atoms with Crippen molar-refractivity contribution in [1.82, 2.24) is 0 Å². The lowest BCUT2D eigenvalue weighted by molar-refractivity contribution is 0.0601. The largest absolute Gasteiger partial charge is 0.399 e. The SMILES string of the molecule is CCN(CC1CCC(C)O1)c1cccc(N)c1. The minimum Gasteiger partial charge on any atom is -0.399 e. The minimum absolute atomic E-state index is 0.367.